The number of likely N-dealkylation sites (tertiary alicyclic amines) is 1. The van der Waals surface area contributed by atoms with Crippen LogP contribution in [-0.2, 0) is 11.3 Å². The van der Waals surface area contributed by atoms with Crippen LogP contribution < -0.4 is 5.32 Å². The molecule has 1 aliphatic heterocycles. The lowest BCUT2D eigenvalue weighted by atomic mass is 10.1. The molecule has 0 bridgehead atoms. The highest BCUT2D eigenvalue weighted by Crippen LogP contribution is 2.32. The molecule has 1 aromatic heterocycles. The summed E-state index contributed by atoms with van der Waals surface area (Å²) < 4.78 is 0. The van der Waals surface area contributed by atoms with Crippen LogP contribution in [0.5, 0.6) is 0 Å². The fourth-order valence-electron chi connectivity index (χ4n) is 3.06. The van der Waals surface area contributed by atoms with Gasteiger partial charge in [-0.05, 0) is 37.1 Å². The third kappa shape index (κ3) is 3.62. The van der Waals surface area contributed by atoms with Gasteiger partial charge in [-0.1, -0.05) is 24.3 Å². The Labute approximate surface area is 141 Å². The molecule has 0 unspecified atom stereocenters. The first-order valence-corrected chi connectivity index (χ1v) is 8.21. The molecule has 2 heterocycles. The smallest absolute Gasteiger partial charge is 0.254 e. The van der Waals surface area contributed by atoms with Crippen molar-refractivity contribution in [2.24, 2.45) is 0 Å². The molecule has 0 saturated carbocycles. The van der Waals surface area contributed by atoms with Crippen LogP contribution in [0, 0.1) is 0 Å². The second-order valence-electron chi connectivity index (χ2n) is 5.99. The van der Waals surface area contributed by atoms with Crippen molar-refractivity contribution in [3.8, 4) is 0 Å². The Bertz CT molecular complexity index is 730. The highest BCUT2D eigenvalue weighted by Gasteiger charge is 2.31. The van der Waals surface area contributed by atoms with Crippen molar-refractivity contribution in [1.29, 1.82) is 0 Å². The Morgan fingerprint density at radius 3 is 2.71 bits per heavy atom. The Balaban J connectivity index is 1.79. The highest BCUT2D eigenvalue weighted by molar-refractivity contribution is 5.94. The summed E-state index contributed by atoms with van der Waals surface area (Å²) in [5.74, 6) is -0.0314. The quantitative estimate of drug-likeness (QED) is 0.941. The van der Waals surface area contributed by atoms with Gasteiger partial charge in [0.15, 0.2) is 0 Å². The number of hydrogen-bond acceptors (Lipinski definition) is 3. The van der Waals surface area contributed by atoms with E-state index in [-0.39, 0.29) is 17.9 Å². The summed E-state index contributed by atoms with van der Waals surface area (Å²) in [5.41, 5.74) is 2.40. The third-order valence-corrected chi connectivity index (χ3v) is 4.22. The summed E-state index contributed by atoms with van der Waals surface area (Å²) in [6.07, 6.45) is 1.88. The van der Waals surface area contributed by atoms with Crippen molar-refractivity contribution in [3.63, 3.8) is 0 Å². The minimum Gasteiger partial charge on any atom is -0.351 e. The Kier molecular flexibility index (Phi) is 4.89. The zero-order valence-corrected chi connectivity index (χ0v) is 13.7. The molecule has 0 aliphatic carbocycles. The van der Waals surface area contributed by atoms with E-state index in [1.807, 2.05) is 53.4 Å². The summed E-state index contributed by atoms with van der Waals surface area (Å²) in [4.78, 5) is 30.4. The lowest BCUT2D eigenvalue weighted by Crippen LogP contribution is -2.31. The van der Waals surface area contributed by atoms with E-state index in [1.165, 1.54) is 6.92 Å². The number of pyridine rings is 1. The van der Waals surface area contributed by atoms with Gasteiger partial charge in [0.2, 0.25) is 5.91 Å². The molecule has 1 atom stereocenters. The number of hydrogen-bond donors (Lipinski definition) is 1. The second-order valence-corrected chi connectivity index (χ2v) is 5.99. The van der Waals surface area contributed by atoms with Crippen LogP contribution in [0.2, 0.25) is 0 Å². The van der Waals surface area contributed by atoms with Gasteiger partial charge in [-0.25, -0.2) is 0 Å². The van der Waals surface area contributed by atoms with Crippen molar-refractivity contribution < 1.29 is 9.59 Å². The van der Waals surface area contributed by atoms with Crippen molar-refractivity contribution in [2.45, 2.75) is 32.4 Å². The standard InChI is InChI=1S/C19H21N3O2/c1-14(23)20-13-16-9-5-10-17(21-16)18-11-6-12-22(18)19(24)15-7-3-2-4-8-15/h2-5,7-10,18H,6,11-13H2,1H3,(H,20,23)/t18-/m0/s1. The monoisotopic (exact) mass is 323 g/mol. The molecular formula is C19H21N3O2. The number of nitrogens with one attached hydrogen (secondary N) is 1. The number of carbonyl (C=O) groups is 2. The topological polar surface area (TPSA) is 62.3 Å². The number of benzene rings is 1. The molecule has 5 heteroatoms. The minimum atomic E-state index is -0.0797. The number of carbonyl (C=O) groups excluding carboxylic acids is 2. The summed E-state index contributed by atoms with van der Waals surface area (Å²) in [5, 5.41) is 2.76. The molecule has 24 heavy (non-hydrogen) atoms. The average molecular weight is 323 g/mol. The average Bonchev–Trinajstić information content (AvgIpc) is 3.10. The van der Waals surface area contributed by atoms with Gasteiger partial charge in [-0.3, -0.25) is 14.6 Å². The van der Waals surface area contributed by atoms with Crippen molar-refractivity contribution in [1.82, 2.24) is 15.2 Å². The molecule has 2 aromatic rings. The molecule has 3 rings (SSSR count). The first-order chi connectivity index (χ1) is 11.6. The summed E-state index contributed by atoms with van der Waals surface area (Å²) in [6.45, 7) is 2.64. The number of aromatic nitrogens is 1. The molecular weight excluding hydrogens is 302 g/mol. The second kappa shape index (κ2) is 7.25. The van der Waals surface area contributed by atoms with E-state index < -0.39 is 0 Å². The summed E-state index contributed by atoms with van der Waals surface area (Å²) >= 11 is 0. The van der Waals surface area contributed by atoms with E-state index in [0.717, 1.165) is 30.8 Å². The van der Waals surface area contributed by atoms with Crippen molar-refractivity contribution in [2.75, 3.05) is 6.54 Å². The maximum absolute atomic E-state index is 12.8. The number of rotatable bonds is 4. The van der Waals surface area contributed by atoms with Crippen LogP contribution in [0.15, 0.2) is 48.5 Å². The maximum atomic E-state index is 12.8. The van der Waals surface area contributed by atoms with Gasteiger partial charge in [-0.15, -0.1) is 0 Å². The van der Waals surface area contributed by atoms with Crippen LogP contribution in [0.25, 0.3) is 0 Å². The highest BCUT2D eigenvalue weighted by atomic mass is 16.2. The Hall–Kier alpha value is -2.69. The van der Waals surface area contributed by atoms with E-state index in [0.29, 0.717) is 12.1 Å². The molecule has 1 aliphatic rings. The van der Waals surface area contributed by atoms with E-state index >= 15 is 0 Å². The van der Waals surface area contributed by atoms with Gasteiger partial charge in [0.05, 0.1) is 24.0 Å². The molecule has 1 saturated heterocycles. The van der Waals surface area contributed by atoms with Crippen molar-refractivity contribution >= 4 is 11.8 Å². The molecule has 1 fully saturated rings. The first kappa shape index (κ1) is 16.2. The van der Waals surface area contributed by atoms with Gasteiger partial charge >= 0.3 is 0 Å². The van der Waals surface area contributed by atoms with Gasteiger partial charge in [0.1, 0.15) is 0 Å². The molecule has 124 valence electrons. The van der Waals surface area contributed by atoms with E-state index in [9.17, 15) is 9.59 Å². The Morgan fingerprint density at radius 1 is 1.17 bits per heavy atom. The SMILES string of the molecule is CC(=O)NCc1cccc([C@@H]2CCCN2C(=O)c2ccccc2)n1. The van der Waals surface area contributed by atoms with Crippen LogP contribution in [0.4, 0.5) is 0 Å². The first-order valence-electron chi connectivity index (χ1n) is 8.21. The number of nitrogens with zero attached hydrogens (tertiary/aromatic N) is 2. The van der Waals surface area contributed by atoms with Gasteiger partial charge in [0, 0.05) is 19.0 Å². The summed E-state index contributed by atoms with van der Waals surface area (Å²) in [7, 11) is 0. The van der Waals surface area contributed by atoms with Gasteiger partial charge in [-0.2, -0.15) is 0 Å². The van der Waals surface area contributed by atoms with Crippen LogP contribution >= 0.6 is 0 Å². The zero-order valence-electron chi connectivity index (χ0n) is 13.7. The Morgan fingerprint density at radius 2 is 1.96 bits per heavy atom. The largest absolute Gasteiger partial charge is 0.351 e. The van der Waals surface area contributed by atoms with E-state index in [1.54, 1.807) is 0 Å². The molecule has 0 spiro atoms. The van der Waals surface area contributed by atoms with E-state index in [4.69, 9.17) is 0 Å². The fraction of sp³-hybridized carbons (Fsp3) is 0.316. The van der Waals surface area contributed by atoms with Gasteiger partial charge in [0.25, 0.3) is 5.91 Å². The number of amides is 2. The predicted octanol–water partition coefficient (Wildman–Crippen LogP) is 2.70. The minimum absolute atomic E-state index is 0.00464. The molecule has 2 amide bonds. The van der Waals surface area contributed by atoms with Crippen molar-refractivity contribution in [3.05, 3.63) is 65.5 Å². The lowest BCUT2D eigenvalue weighted by Gasteiger charge is -2.24. The maximum Gasteiger partial charge on any atom is 0.254 e. The molecule has 5 nitrogen and oxygen atoms in total. The van der Waals surface area contributed by atoms with Gasteiger partial charge < -0.3 is 10.2 Å². The third-order valence-electron chi connectivity index (χ3n) is 4.22. The normalized spacial score (nSPS) is 16.9. The summed E-state index contributed by atoms with van der Waals surface area (Å²) in [6, 6.07) is 15.1. The van der Waals surface area contributed by atoms with E-state index in [2.05, 4.69) is 10.3 Å². The zero-order chi connectivity index (χ0) is 16.9. The van der Waals surface area contributed by atoms with Crippen LogP contribution in [0.1, 0.15) is 47.6 Å². The molecule has 0 radical (unpaired) electrons. The lowest BCUT2D eigenvalue weighted by molar-refractivity contribution is -0.119. The van der Waals surface area contributed by atoms with Crippen LogP contribution in [-0.4, -0.2) is 28.2 Å². The van der Waals surface area contributed by atoms with Crippen LogP contribution in [0.3, 0.4) is 0 Å². The molecule has 1 aromatic carbocycles. The molecule has 1 N–H and O–H groups in total. The fourth-order valence-corrected chi connectivity index (χ4v) is 3.06. The predicted molar refractivity (Wildman–Crippen MR) is 91.2 cm³/mol.